The number of amides is 1. The summed E-state index contributed by atoms with van der Waals surface area (Å²) in [6.45, 7) is 1.69. The van der Waals surface area contributed by atoms with Gasteiger partial charge in [0.15, 0.2) is 0 Å². The molecule has 0 spiro atoms. The highest BCUT2D eigenvalue weighted by Gasteiger charge is 2.29. The Morgan fingerprint density at radius 1 is 1.38 bits per heavy atom. The minimum atomic E-state index is -0.311. The van der Waals surface area contributed by atoms with E-state index in [1.165, 1.54) is 12.0 Å². The Kier molecular flexibility index (Phi) is 5.30. The molecule has 0 bridgehead atoms. The molecular formula is C19H26N4O. The number of nitrogens with zero attached hydrogens (tertiary/aromatic N) is 3. The normalized spacial score (nSPS) is 19.2. The molecule has 1 aromatic heterocycles. The van der Waals surface area contributed by atoms with Gasteiger partial charge in [0.25, 0.3) is 0 Å². The zero-order valence-corrected chi connectivity index (χ0v) is 14.5. The summed E-state index contributed by atoms with van der Waals surface area (Å²) in [6.07, 6.45) is 6.99. The maximum Gasteiger partial charge on any atom is 0.244 e. The number of hydrogen-bond acceptors (Lipinski definition) is 3. The monoisotopic (exact) mass is 326 g/mol. The lowest BCUT2D eigenvalue weighted by atomic mass is 9.91. The van der Waals surface area contributed by atoms with Crippen LogP contribution in [0.4, 0.5) is 0 Å². The summed E-state index contributed by atoms with van der Waals surface area (Å²) in [5.74, 6) is 0.694. The number of hydrogen-bond donors (Lipinski definition) is 1. The molecule has 1 N–H and O–H groups in total. The predicted molar refractivity (Wildman–Crippen MR) is 94.5 cm³/mol. The fraction of sp³-hybridized carbons (Fsp3) is 0.474. The third-order valence-corrected chi connectivity index (χ3v) is 4.79. The highest BCUT2D eigenvalue weighted by molar-refractivity contribution is 5.83. The van der Waals surface area contributed by atoms with Gasteiger partial charge in [0, 0.05) is 31.9 Å². The number of piperidine rings is 1. The molecule has 2 aromatic rings. The van der Waals surface area contributed by atoms with Crippen molar-refractivity contribution in [1.82, 2.24) is 20.0 Å². The zero-order chi connectivity index (χ0) is 16.9. The fourth-order valence-corrected chi connectivity index (χ4v) is 3.58. The van der Waals surface area contributed by atoms with Crippen LogP contribution < -0.4 is 5.32 Å². The zero-order valence-electron chi connectivity index (χ0n) is 14.5. The lowest BCUT2D eigenvalue weighted by molar-refractivity contribution is -0.135. The maximum atomic E-state index is 13.0. The average Bonchev–Trinajstić information content (AvgIpc) is 3.03. The highest BCUT2D eigenvalue weighted by Crippen LogP contribution is 2.24. The first-order valence-electron chi connectivity index (χ1n) is 8.66. The molecule has 1 aliphatic rings. The van der Waals surface area contributed by atoms with Crippen molar-refractivity contribution in [3.05, 3.63) is 53.9 Å². The molecule has 3 rings (SSSR count). The van der Waals surface area contributed by atoms with Crippen molar-refractivity contribution in [3.8, 4) is 0 Å². The van der Waals surface area contributed by atoms with E-state index < -0.39 is 0 Å². The van der Waals surface area contributed by atoms with Gasteiger partial charge in [-0.1, -0.05) is 30.3 Å². The van der Waals surface area contributed by atoms with Crippen molar-refractivity contribution >= 4 is 5.91 Å². The van der Waals surface area contributed by atoms with Gasteiger partial charge >= 0.3 is 0 Å². The number of likely N-dealkylation sites (N-methyl/N-ethyl adjacent to an activating group) is 1. The fourth-order valence-electron chi connectivity index (χ4n) is 3.58. The van der Waals surface area contributed by atoms with Crippen LogP contribution in [0.25, 0.3) is 0 Å². The molecule has 2 unspecified atom stereocenters. The van der Waals surface area contributed by atoms with E-state index in [2.05, 4.69) is 34.7 Å². The molecule has 0 aliphatic carbocycles. The first-order valence-corrected chi connectivity index (χ1v) is 8.66. The van der Waals surface area contributed by atoms with Gasteiger partial charge in [-0.05, 0) is 37.8 Å². The number of benzene rings is 1. The van der Waals surface area contributed by atoms with Crippen LogP contribution in [0, 0.1) is 5.92 Å². The quantitative estimate of drug-likeness (QED) is 0.916. The Balaban J connectivity index is 1.66. The van der Waals surface area contributed by atoms with Crippen molar-refractivity contribution in [2.45, 2.75) is 25.3 Å². The smallest absolute Gasteiger partial charge is 0.244 e. The van der Waals surface area contributed by atoms with Crippen molar-refractivity contribution in [1.29, 1.82) is 0 Å². The topological polar surface area (TPSA) is 50.2 Å². The molecule has 2 atom stereocenters. The van der Waals surface area contributed by atoms with Gasteiger partial charge in [-0.3, -0.25) is 9.48 Å². The third kappa shape index (κ3) is 3.85. The molecule has 1 amide bonds. The van der Waals surface area contributed by atoms with Crippen LogP contribution in [0.15, 0.2) is 42.7 Å². The number of carbonyl (C=O) groups excluding carboxylic acids is 1. The second-order valence-corrected chi connectivity index (χ2v) is 6.65. The van der Waals surface area contributed by atoms with Gasteiger partial charge in [0.2, 0.25) is 5.91 Å². The van der Waals surface area contributed by atoms with Gasteiger partial charge in [-0.15, -0.1) is 0 Å². The number of likely N-dealkylation sites (tertiary alicyclic amines) is 1. The van der Waals surface area contributed by atoms with Crippen LogP contribution in [0.5, 0.6) is 0 Å². The van der Waals surface area contributed by atoms with Gasteiger partial charge in [-0.25, -0.2) is 0 Å². The number of aryl methyl sites for hydroxylation is 1. The van der Waals surface area contributed by atoms with Crippen molar-refractivity contribution in [2.24, 2.45) is 13.0 Å². The van der Waals surface area contributed by atoms with Crippen molar-refractivity contribution < 1.29 is 4.79 Å². The van der Waals surface area contributed by atoms with Gasteiger partial charge in [-0.2, -0.15) is 5.10 Å². The second-order valence-electron chi connectivity index (χ2n) is 6.65. The number of rotatable bonds is 5. The van der Waals surface area contributed by atoms with Crippen LogP contribution >= 0.6 is 0 Å². The van der Waals surface area contributed by atoms with E-state index in [0.29, 0.717) is 5.92 Å². The minimum absolute atomic E-state index is 0.156. The average molecular weight is 326 g/mol. The van der Waals surface area contributed by atoms with Crippen LogP contribution in [0.2, 0.25) is 0 Å². The van der Waals surface area contributed by atoms with Crippen molar-refractivity contribution in [3.63, 3.8) is 0 Å². The van der Waals surface area contributed by atoms with Gasteiger partial charge in [0.1, 0.15) is 6.04 Å². The van der Waals surface area contributed by atoms with Crippen LogP contribution in [0.3, 0.4) is 0 Å². The highest BCUT2D eigenvalue weighted by atomic mass is 16.2. The molecule has 1 aliphatic heterocycles. The summed E-state index contributed by atoms with van der Waals surface area (Å²) in [7, 11) is 3.71. The molecule has 5 nitrogen and oxygen atoms in total. The molecular weight excluding hydrogens is 300 g/mol. The molecule has 24 heavy (non-hydrogen) atoms. The molecule has 0 radical (unpaired) electrons. The van der Waals surface area contributed by atoms with Gasteiger partial charge < -0.3 is 10.2 Å². The van der Waals surface area contributed by atoms with Crippen LogP contribution in [-0.4, -0.2) is 40.7 Å². The summed E-state index contributed by atoms with van der Waals surface area (Å²) >= 11 is 0. The van der Waals surface area contributed by atoms with E-state index in [0.717, 1.165) is 31.5 Å². The summed E-state index contributed by atoms with van der Waals surface area (Å²) in [4.78, 5) is 15.0. The Bertz CT molecular complexity index is 667. The van der Waals surface area contributed by atoms with E-state index in [4.69, 9.17) is 0 Å². The lowest BCUT2D eigenvalue weighted by Gasteiger charge is -2.35. The Morgan fingerprint density at radius 2 is 2.17 bits per heavy atom. The molecule has 1 saturated heterocycles. The van der Waals surface area contributed by atoms with Gasteiger partial charge in [0.05, 0.1) is 6.20 Å². The number of aromatic nitrogens is 2. The standard InChI is InChI=1S/C19H26N4O/c1-20-18(17-12-21-22(2)14-17)19(24)23-10-6-9-16(13-23)11-15-7-4-3-5-8-15/h3-5,7-8,12,14,16,18,20H,6,9-11,13H2,1-2H3. The molecule has 5 heteroatoms. The summed E-state index contributed by atoms with van der Waals surface area (Å²) in [5, 5.41) is 7.34. The molecule has 1 fully saturated rings. The minimum Gasteiger partial charge on any atom is -0.341 e. The van der Waals surface area contributed by atoms with E-state index in [-0.39, 0.29) is 11.9 Å². The summed E-state index contributed by atoms with van der Waals surface area (Å²) < 4.78 is 1.74. The third-order valence-electron chi connectivity index (χ3n) is 4.79. The Labute approximate surface area is 143 Å². The largest absolute Gasteiger partial charge is 0.341 e. The van der Waals surface area contributed by atoms with E-state index in [1.807, 2.05) is 31.3 Å². The van der Waals surface area contributed by atoms with Crippen LogP contribution in [-0.2, 0) is 18.3 Å². The Hall–Kier alpha value is -2.14. The molecule has 0 saturated carbocycles. The number of carbonyl (C=O) groups is 1. The second kappa shape index (κ2) is 7.62. The van der Waals surface area contributed by atoms with E-state index in [9.17, 15) is 4.79 Å². The SMILES string of the molecule is CNC(C(=O)N1CCCC(Cc2ccccc2)C1)c1cnn(C)c1. The Morgan fingerprint density at radius 3 is 2.83 bits per heavy atom. The van der Waals surface area contributed by atoms with Crippen molar-refractivity contribution in [2.75, 3.05) is 20.1 Å². The molecule has 128 valence electrons. The van der Waals surface area contributed by atoms with Crippen LogP contribution in [0.1, 0.15) is 30.0 Å². The predicted octanol–water partition coefficient (Wildman–Crippen LogP) is 2.16. The first kappa shape index (κ1) is 16.7. The first-order chi connectivity index (χ1) is 11.7. The summed E-state index contributed by atoms with van der Waals surface area (Å²) in [5.41, 5.74) is 2.28. The summed E-state index contributed by atoms with van der Waals surface area (Å²) in [6, 6.07) is 10.3. The maximum absolute atomic E-state index is 13.0. The molecule has 1 aromatic carbocycles. The number of nitrogens with one attached hydrogen (secondary N) is 1. The molecule has 2 heterocycles. The van der Waals surface area contributed by atoms with E-state index >= 15 is 0 Å². The van der Waals surface area contributed by atoms with E-state index in [1.54, 1.807) is 10.9 Å². The lowest BCUT2D eigenvalue weighted by Crippen LogP contribution is -2.45.